The molecule has 1 spiro atoms. The number of hydrogen-bond acceptors (Lipinski definition) is 4. The molecule has 2 aliphatic rings. The summed E-state index contributed by atoms with van der Waals surface area (Å²) in [5.41, 5.74) is 3.71. The maximum atomic E-state index is 6.29. The van der Waals surface area contributed by atoms with E-state index in [0.717, 1.165) is 17.1 Å². The maximum absolute atomic E-state index is 6.29. The van der Waals surface area contributed by atoms with Crippen LogP contribution in [0.3, 0.4) is 0 Å². The van der Waals surface area contributed by atoms with Crippen molar-refractivity contribution < 1.29 is 4.84 Å². The third kappa shape index (κ3) is 2.05. The maximum Gasteiger partial charge on any atom is 0.241 e. The first-order chi connectivity index (χ1) is 10.9. The number of hydroxylamine groups is 2. The van der Waals surface area contributed by atoms with Crippen molar-refractivity contribution >= 4 is 5.96 Å². The van der Waals surface area contributed by atoms with E-state index in [0.29, 0.717) is 0 Å². The molecule has 1 aliphatic heterocycles. The van der Waals surface area contributed by atoms with Gasteiger partial charge in [0.25, 0.3) is 0 Å². The van der Waals surface area contributed by atoms with Crippen LogP contribution in [0.15, 0.2) is 53.5 Å². The molecule has 1 heterocycles. The third-order valence-corrected chi connectivity index (χ3v) is 4.19. The number of nitrogens with one attached hydrogen (secondary N) is 1. The second-order valence-corrected chi connectivity index (χ2v) is 7.13. The molecule has 0 aromatic heterocycles. The van der Waals surface area contributed by atoms with E-state index in [2.05, 4.69) is 62.5 Å². The second kappa shape index (κ2) is 4.59. The highest BCUT2D eigenvalue weighted by Crippen LogP contribution is 2.52. The molecule has 0 amide bonds. The van der Waals surface area contributed by atoms with E-state index < -0.39 is 5.72 Å². The lowest BCUT2D eigenvalue weighted by atomic mass is 10.0. The highest BCUT2D eigenvalue weighted by atomic mass is 16.7. The lowest BCUT2D eigenvalue weighted by molar-refractivity contribution is -0.151. The van der Waals surface area contributed by atoms with E-state index in [1.54, 1.807) is 5.06 Å². The molecule has 4 rings (SSSR count). The molecule has 4 nitrogen and oxygen atoms in total. The zero-order valence-corrected chi connectivity index (χ0v) is 13.9. The lowest BCUT2D eigenvalue weighted by Crippen LogP contribution is -2.46. The van der Waals surface area contributed by atoms with Crippen LogP contribution < -0.4 is 5.32 Å². The van der Waals surface area contributed by atoms with E-state index in [-0.39, 0.29) is 5.54 Å². The van der Waals surface area contributed by atoms with Crippen LogP contribution in [0.1, 0.15) is 31.9 Å². The van der Waals surface area contributed by atoms with Crippen molar-refractivity contribution in [2.45, 2.75) is 32.0 Å². The van der Waals surface area contributed by atoms with Gasteiger partial charge in [0.1, 0.15) is 0 Å². The van der Waals surface area contributed by atoms with Gasteiger partial charge >= 0.3 is 0 Å². The SMILES string of the molecule is CN1OC2(N=C1NC(C)(C)C)c1ccccc1-c1ccccc12. The Balaban J connectivity index is 1.92. The monoisotopic (exact) mass is 307 g/mol. The topological polar surface area (TPSA) is 36.9 Å². The van der Waals surface area contributed by atoms with Gasteiger partial charge in [-0.15, -0.1) is 0 Å². The first-order valence-corrected chi connectivity index (χ1v) is 7.91. The second-order valence-electron chi connectivity index (χ2n) is 7.13. The van der Waals surface area contributed by atoms with Gasteiger partial charge in [-0.2, -0.15) is 0 Å². The highest BCUT2D eigenvalue weighted by Gasteiger charge is 2.50. The van der Waals surface area contributed by atoms with Gasteiger partial charge in [-0.25, -0.2) is 14.9 Å². The van der Waals surface area contributed by atoms with Gasteiger partial charge in [-0.1, -0.05) is 48.5 Å². The summed E-state index contributed by atoms with van der Waals surface area (Å²) >= 11 is 0. The molecule has 0 saturated heterocycles. The number of guanidine groups is 1. The van der Waals surface area contributed by atoms with Gasteiger partial charge in [0.2, 0.25) is 11.7 Å². The molecule has 2 aromatic carbocycles. The number of hydrogen-bond donors (Lipinski definition) is 1. The normalized spacial score (nSPS) is 17.9. The average molecular weight is 307 g/mol. The minimum atomic E-state index is -0.782. The van der Waals surface area contributed by atoms with Gasteiger partial charge in [0, 0.05) is 23.7 Å². The predicted octanol–water partition coefficient (Wildman–Crippen LogP) is 3.49. The van der Waals surface area contributed by atoms with Crippen molar-refractivity contribution in [1.29, 1.82) is 0 Å². The fourth-order valence-electron chi connectivity index (χ4n) is 3.31. The minimum absolute atomic E-state index is 0.0837. The lowest BCUT2D eigenvalue weighted by Gasteiger charge is -2.25. The quantitative estimate of drug-likeness (QED) is 0.809. The summed E-state index contributed by atoms with van der Waals surface area (Å²) in [7, 11) is 1.90. The summed E-state index contributed by atoms with van der Waals surface area (Å²) in [5, 5.41) is 5.17. The first kappa shape index (κ1) is 14.3. The Kier molecular flexibility index (Phi) is 2.85. The van der Waals surface area contributed by atoms with Crippen molar-refractivity contribution in [1.82, 2.24) is 10.4 Å². The molecule has 0 bridgehead atoms. The largest absolute Gasteiger partial charge is 0.350 e. The predicted molar refractivity (Wildman–Crippen MR) is 91.8 cm³/mol. The molecule has 2 aromatic rings. The molecule has 1 aliphatic carbocycles. The summed E-state index contributed by atoms with van der Waals surface area (Å²) in [6.45, 7) is 6.35. The van der Waals surface area contributed by atoms with Crippen LogP contribution in [-0.2, 0) is 10.6 Å². The number of benzene rings is 2. The minimum Gasteiger partial charge on any atom is -0.350 e. The number of fused-ring (bicyclic) bond motifs is 5. The van der Waals surface area contributed by atoms with Crippen molar-refractivity contribution in [3.8, 4) is 11.1 Å². The highest BCUT2D eigenvalue weighted by molar-refractivity contribution is 5.86. The van der Waals surface area contributed by atoms with Crippen LogP contribution >= 0.6 is 0 Å². The van der Waals surface area contributed by atoms with E-state index in [1.165, 1.54) is 11.1 Å². The van der Waals surface area contributed by atoms with Crippen molar-refractivity contribution in [2.24, 2.45) is 4.99 Å². The molecule has 0 unspecified atom stereocenters. The van der Waals surface area contributed by atoms with Gasteiger partial charge in [0.05, 0.1) is 0 Å². The van der Waals surface area contributed by atoms with E-state index in [4.69, 9.17) is 9.83 Å². The molecule has 1 N–H and O–H groups in total. The van der Waals surface area contributed by atoms with Crippen LogP contribution in [0.4, 0.5) is 0 Å². The summed E-state index contributed by atoms with van der Waals surface area (Å²) in [5.74, 6) is 0.754. The molecule has 0 saturated carbocycles. The summed E-state index contributed by atoms with van der Waals surface area (Å²) in [4.78, 5) is 11.3. The Morgan fingerprint density at radius 1 is 0.957 bits per heavy atom. The molecule has 0 atom stereocenters. The van der Waals surface area contributed by atoms with Gasteiger partial charge in [-0.05, 0) is 31.9 Å². The van der Waals surface area contributed by atoms with Gasteiger partial charge in [0.15, 0.2) is 0 Å². The van der Waals surface area contributed by atoms with E-state index >= 15 is 0 Å². The Morgan fingerprint density at radius 3 is 2.00 bits per heavy atom. The Hall–Kier alpha value is -2.33. The molecule has 4 heteroatoms. The van der Waals surface area contributed by atoms with E-state index in [1.807, 2.05) is 19.2 Å². The van der Waals surface area contributed by atoms with Crippen molar-refractivity contribution in [2.75, 3.05) is 7.05 Å². The zero-order valence-electron chi connectivity index (χ0n) is 13.9. The summed E-state index contributed by atoms with van der Waals surface area (Å²) in [6.07, 6.45) is 0. The summed E-state index contributed by atoms with van der Waals surface area (Å²) < 4.78 is 0. The van der Waals surface area contributed by atoms with Crippen molar-refractivity contribution in [3.05, 3.63) is 59.7 Å². The molecule has 0 fully saturated rings. The van der Waals surface area contributed by atoms with Crippen LogP contribution in [0.2, 0.25) is 0 Å². The van der Waals surface area contributed by atoms with Crippen molar-refractivity contribution in [3.63, 3.8) is 0 Å². The fourth-order valence-corrected chi connectivity index (χ4v) is 3.31. The van der Waals surface area contributed by atoms with Crippen LogP contribution in [-0.4, -0.2) is 23.6 Å². The smallest absolute Gasteiger partial charge is 0.241 e. The van der Waals surface area contributed by atoms with Crippen LogP contribution in [0.25, 0.3) is 11.1 Å². The molecular weight excluding hydrogens is 286 g/mol. The Bertz CT molecular complexity index is 759. The number of nitrogens with zero attached hydrogens (tertiary/aromatic N) is 2. The van der Waals surface area contributed by atoms with Crippen LogP contribution in [0.5, 0.6) is 0 Å². The van der Waals surface area contributed by atoms with Crippen LogP contribution in [0, 0.1) is 0 Å². The van der Waals surface area contributed by atoms with E-state index in [9.17, 15) is 0 Å². The Labute approximate surface area is 136 Å². The molecule has 23 heavy (non-hydrogen) atoms. The standard InChI is InChI=1S/C19H21N3O/c1-18(2,3)20-17-21-19(23-22(17)4)15-11-7-5-9-13(15)14-10-6-8-12-16(14)19/h5-12H,1-4H3,(H,20,21). The first-order valence-electron chi connectivity index (χ1n) is 7.91. The van der Waals surface area contributed by atoms with Gasteiger partial charge < -0.3 is 5.32 Å². The number of aliphatic imine (C=N–C) groups is 1. The number of rotatable bonds is 0. The summed E-state index contributed by atoms with van der Waals surface area (Å²) in [6, 6.07) is 16.7. The third-order valence-electron chi connectivity index (χ3n) is 4.19. The molecule has 0 radical (unpaired) electrons. The fraction of sp³-hybridized carbons (Fsp3) is 0.316. The Morgan fingerprint density at radius 2 is 1.48 bits per heavy atom. The van der Waals surface area contributed by atoms with Gasteiger partial charge in [-0.3, -0.25) is 0 Å². The zero-order chi connectivity index (χ0) is 16.2. The average Bonchev–Trinajstić information content (AvgIpc) is 2.96. The molecular formula is C19H21N3O. The molecule has 118 valence electrons.